The first-order chi connectivity index (χ1) is 7.66. The maximum Gasteiger partial charge on any atom is 0.171 e. The number of rotatable bonds is 2. The number of para-hydroxylation sites is 1. The fourth-order valence-electron chi connectivity index (χ4n) is 1.23. The fraction of sp³-hybridized carbons (Fsp3) is 0. The Bertz CT molecular complexity index is 494. The van der Waals surface area contributed by atoms with E-state index in [1.54, 1.807) is 36.4 Å². The van der Waals surface area contributed by atoms with Crippen LogP contribution in [0.4, 0.5) is 0 Å². The maximum absolute atomic E-state index is 9.59. The van der Waals surface area contributed by atoms with Gasteiger partial charge in [-0.2, -0.15) is 0 Å². The Hall–Kier alpha value is -1.81. The molecule has 0 saturated heterocycles. The lowest BCUT2D eigenvalue weighted by molar-refractivity contribution is 0.395. The standard InChI is InChI=1S/C12H10O3S/c13-8-4-6-9(7-5-8)16-11-3-1-2-10(14)12(11)15/h1-7,13-15H. The second-order valence-electron chi connectivity index (χ2n) is 3.22. The monoisotopic (exact) mass is 234 g/mol. The van der Waals surface area contributed by atoms with Crippen LogP contribution < -0.4 is 0 Å². The second kappa shape index (κ2) is 4.37. The van der Waals surface area contributed by atoms with Crippen LogP contribution in [0.1, 0.15) is 0 Å². The molecule has 16 heavy (non-hydrogen) atoms. The summed E-state index contributed by atoms with van der Waals surface area (Å²) in [6.45, 7) is 0. The smallest absolute Gasteiger partial charge is 0.171 e. The highest BCUT2D eigenvalue weighted by molar-refractivity contribution is 7.99. The van der Waals surface area contributed by atoms with Gasteiger partial charge in [-0.05, 0) is 36.4 Å². The van der Waals surface area contributed by atoms with Crippen LogP contribution in [0.15, 0.2) is 52.3 Å². The molecule has 0 heterocycles. The molecular formula is C12H10O3S. The Morgan fingerprint density at radius 3 is 2.19 bits per heavy atom. The van der Waals surface area contributed by atoms with Crippen molar-refractivity contribution in [3.05, 3.63) is 42.5 Å². The van der Waals surface area contributed by atoms with Crippen molar-refractivity contribution >= 4 is 11.8 Å². The molecule has 2 rings (SSSR count). The highest BCUT2D eigenvalue weighted by atomic mass is 32.2. The van der Waals surface area contributed by atoms with Gasteiger partial charge in [-0.25, -0.2) is 0 Å². The van der Waals surface area contributed by atoms with E-state index in [0.717, 1.165) is 4.90 Å². The zero-order chi connectivity index (χ0) is 11.5. The van der Waals surface area contributed by atoms with Gasteiger partial charge in [0.1, 0.15) is 5.75 Å². The highest BCUT2D eigenvalue weighted by Gasteiger charge is 2.07. The van der Waals surface area contributed by atoms with Gasteiger partial charge in [0.15, 0.2) is 11.5 Å². The topological polar surface area (TPSA) is 60.7 Å². The Balaban J connectivity index is 2.27. The van der Waals surface area contributed by atoms with Crippen LogP contribution in [0, 0.1) is 0 Å². The molecule has 0 fully saturated rings. The molecule has 0 spiro atoms. The van der Waals surface area contributed by atoms with E-state index in [9.17, 15) is 10.2 Å². The molecule has 0 aromatic heterocycles. The number of phenolic OH excluding ortho intramolecular Hbond substituents is 3. The van der Waals surface area contributed by atoms with E-state index in [1.807, 2.05) is 0 Å². The molecule has 0 aliphatic heterocycles. The second-order valence-corrected chi connectivity index (χ2v) is 4.34. The van der Waals surface area contributed by atoms with Crippen molar-refractivity contribution in [2.45, 2.75) is 9.79 Å². The molecule has 3 N–H and O–H groups in total. The van der Waals surface area contributed by atoms with E-state index >= 15 is 0 Å². The van der Waals surface area contributed by atoms with E-state index < -0.39 is 0 Å². The van der Waals surface area contributed by atoms with Gasteiger partial charge in [0.25, 0.3) is 0 Å². The molecule has 0 unspecified atom stereocenters. The Kier molecular flexibility index (Phi) is 2.92. The highest BCUT2D eigenvalue weighted by Crippen LogP contribution is 2.39. The molecular weight excluding hydrogens is 224 g/mol. The molecule has 0 saturated carbocycles. The van der Waals surface area contributed by atoms with Crippen molar-refractivity contribution in [2.24, 2.45) is 0 Å². The first kappa shape index (κ1) is 10.7. The van der Waals surface area contributed by atoms with E-state index in [-0.39, 0.29) is 17.2 Å². The summed E-state index contributed by atoms with van der Waals surface area (Å²) in [5, 5.41) is 28.0. The van der Waals surface area contributed by atoms with Crippen molar-refractivity contribution in [2.75, 3.05) is 0 Å². The maximum atomic E-state index is 9.59. The van der Waals surface area contributed by atoms with Crippen LogP contribution in [-0.2, 0) is 0 Å². The quantitative estimate of drug-likeness (QED) is 0.699. The van der Waals surface area contributed by atoms with Gasteiger partial charge >= 0.3 is 0 Å². The Labute approximate surface area is 97.0 Å². The average Bonchev–Trinajstić information content (AvgIpc) is 2.28. The normalized spacial score (nSPS) is 10.2. The summed E-state index contributed by atoms with van der Waals surface area (Å²) in [6.07, 6.45) is 0. The first-order valence-corrected chi connectivity index (χ1v) is 5.46. The minimum absolute atomic E-state index is 0.124. The van der Waals surface area contributed by atoms with Crippen LogP contribution in [0.2, 0.25) is 0 Å². The van der Waals surface area contributed by atoms with Gasteiger partial charge in [0.05, 0.1) is 4.90 Å². The predicted octanol–water partition coefficient (Wildman–Crippen LogP) is 2.95. The summed E-state index contributed by atoms with van der Waals surface area (Å²) in [4.78, 5) is 1.45. The molecule has 82 valence electrons. The summed E-state index contributed by atoms with van der Waals surface area (Å²) in [5.74, 6) is -0.0613. The molecule has 0 atom stereocenters. The van der Waals surface area contributed by atoms with E-state index in [4.69, 9.17) is 5.11 Å². The lowest BCUT2D eigenvalue weighted by Crippen LogP contribution is -1.76. The molecule has 0 bridgehead atoms. The van der Waals surface area contributed by atoms with E-state index in [1.165, 1.54) is 17.8 Å². The fourth-order valence-corrected chi connectivity index (χ4v) is 2.11. The third-order valence-electron chi connectivity index (χ3n) is 2.04. The van der Waals surface area contributed by atoms with E-state index in [0.29, 0.717) is 4.90 Å². The number of aromatic hydroxyl groups is 3. The van der Waals surface area contributed by atoms with Crippen LogP contribution >= 0.6 is 11.8 Å². The number of phenols is 3. The van der Waals surface area contributed by atoms with Crippen molar-refractivity contribution < 1.29 is 15.3 Å². The van der Waals surface area contributed by atoms with E-state index in [2.05, 4.69) is 0 Å². The summed E-state index contributed by atoms with van der Waals surface area (Å²) >= 11 is 1.32. The van der Waals surface area contributed by atoms with Crippen LogP contribution in [0.5, 0.6) is 17.2 Å². The van der Waals surface area contributed by atoms with Crippen molar-refractivity contribution in [1.29, 1.82) is 0 Å². The third-order valence-corrected chi connectivity index (χ3v) is 3.10. The summed E-state index contributed by atoms with van der Waals surface area (Å²) in [6, 6.07) is 11.4. The summed E-state index contributed by atoms with van der Waals surface area (Å²) in [7, 11) is 0. The average molecular weight is 234 g/mol. The number of benzene rings is 2. The summed E-state index contributed by atoms with van der Waals surface area (Å²) < 4.78 is 0. The molecule has 4 heteroatoms. The number of hydrogen-bond acceptors (Lipinski definition) is 4. The summed E-state index contributed by atoms with van der Waals surface area (Å²) in [5.41, 5.74) is 0. The van der Waals surface area contributed by atoms with Gasteiger partial charge in [0.2, 0.25) is 0 Å². The minimum Gasteiger partial charge on any atom is -0.508 e. The lowest BCUT2D eigenvalue weighted by Gasteiger charge is -2.05. The number of hydrogen-bond donors (Lipinski definition) is 3. The predicted molar refractivity (Wildman–Crippen MR) is 62.0 cm³/mol. The van der Waals surface area contributed by atoms with Crippen molar-refractivity contribution in [3.8, 4) is 17.2 Å². The van der Waals surface area contributed by atoms with Crippen LogP contribution in [-0.4, -0.2) is 15.3 Å². The van der Waals surface area contributed by atoms with Gasteiger partial charge in [-0.15, -0.1) is 0 Å². The molecule has 0 amide bonds. The zero-order valence-electron chi connectivity index (χ0n) is 8.29. The van der Waals surface area contributed by atoms with Crippen molar-refractivity contribution in [1.82, 2.24) is 0 Å². The van der Waals surface area contributed by atoms with Crippen LogP contribution in [0.3, 0.4) is 0 Å². The van der Waals surface area contributed by atoms with Gasteiger partial charge in [-0.1, -0.05) is 17.8 Å². The van der Waals surface area contributed by atoms with Crippen molar-refractivity contribution in [3.63, 3.8) is 0 Å². The Morgan fingerprint density at radius 1 is 0.812 bits per heavy atom. The first-order valence-electron chi connectivity index (χ1n) is 4.64. The molecule has 3 nitrogen and oxygen atoms in total. The third kappa shape index (κ3) is 2.23. The molecule has 2 aromatic rings. The lowest BCUT2D eigenvalue weighted by atomic mass is 10.3. The van der Waals surface area contributed by atoms with Gasteiger partial charge in [0, 0.05) is 4.90 Å². The molecule has 0 radical (unpaired) electrons. The Morgan fingerprint density at radius 2 is 1.50 bits per heavy atom. The minimum atomic E-state index is -0.135. The van der Waals surface area contributed by atoms with Crippen LogP contribution in [0.25, 0.3) is 0 Å². The molecule has 0 aliphatic carbocycles. The molecule has 2 aromatic carbocycles. The largest absolute Gasteiger partial charge is 0.508 e. The van der Waals surface area contributed by atoms with Gasteiger partial charge in [-0.3, -0.25) is 0 Å². The zero-order valence-corrected chi connectivity index (χ0v) is 9.11. The SMILES string of the molecule is Oc1ccc(Sc2cccc(O)c2O)cc1. The van der Waals surface area contributed by atoms with Gasteiger partial charge < -0.3 is 15.3 Å². The molecule has 0 aliphatic rings.